The van der Waals surface area contributed by atoms with Gasteiger partial charge in [-0.3, -0.25) is 10.1 Å². The van der Waals surface area contributed by atoms with Gasteiger partial charge in [0.15, 0.2) is 0 Å². The van der Waals surface area contributed by atoms with E-state index in [2.05, 4.69) is 15.3 Å². The van der Waals surface area contributed by atoms with Crippen LogP contribution in [0.15, 0.2) is 54.7 Å². The molecule has 5 nitrogen and oxygen atoms in total. The van der Waals surface area contributed by atoms with Crippen LogP contribution < -0.4 is 5.32 Å². The minimum atomic E-state index is -0.151. The first-order chi connectivity index (χ1) is 11.2. The highest BCUT2D eigenvalue weighted by Gasteiger charge is 2.10. The number of halogens is 1. The van der Waals surface area contributed by atoms with Gasteiger partial charge >= 0.3 is 0 Å². The Balaban J connectivity index is 1.56. The second kappa shape index (κ2) is 5.44. The Morgan fingerprint density at radius 1 is 1.17 bits per heavy atom. The fraction of sp³-hybridized carbons (Fsp3) is 0.0588. The maximum absolute atomic E-state index is 12.3. The molecular weight excluding hydrogens is 312 g/mol. The van der Waals surface area contributed by atoms with E-state index in [0.717, 1.165) is 21.9 Å². The number of aromatic nitrogens is 3. The van der Waals surface area contributed by atoms with Crippen LogP contribution >= 0.6 is 11.6 Å². The van der Waals surface area contributed by atoms with Gasteiger partial charge in [0.05, 0.1) is 11.0 Å². The number of rotatable bonds is 3. The summed E-state index contributed by atoms with van der Waals surface area (Å²) in [5.74, 6) is 0.298. The molecule has 0 spiro atoms. The zero-order chi connectivity index (χ0) is 15.8. The fourth-order valence-corrected chi connectivity index (χ4v) is 2.89. The van der Waals surface area contributed by atoms with Crippen molar-refractivity contribution in [3.05, 3.63) is 59.8 Å². The first-order valence-corrected chi connectivity index (χ1v) is 7.56. The number of hydrogen-bond acceptors (Lipinski definition) is 2. The number of carbonyl (C=O) groups excluding carboxylic acids is 1. The number of imidazole rings is 1. The van der Waals surface area contributed by atoms with Crippen LogP contribution in [0.3, 0.4) is 0 Å². The van der Waals surface area contributed by atoms with Crippen LogP contribution in [0.4, 0.5) is 5.95 Å². The largest absolute Gasteiger partial charge is 0.338 e. The van der Waals surface area contributed by atoms with E-state index in [1.165, 1.54) is 0 Å². The monoisotopic (exact) mass is 324 g/mol. The summed E-state index contributed by atoms with van der Waals surface area (Å²) in [5, 5.41) is 4.40. The van der Waals surface area contributed by atoms with Crippen molar-refractivity contribution in [2.75, 3.05) is 5.32 Å². The lowest BCUT2D eigenvalue weighted by Gasteiger charge is -2.05. The molecule has 2 N–H and O–H groups in total. The lowest BCUT2D eigenvalue weighted by atomic mass is 10.2. The number of aromatic amines is 1. The minimum absolute atomic E-state index is 0.151. The lowest BCUT2D eigenvalue weighted by Crippen LogP contribution is -2.18. The van der Waals surface area contributed by atoms with Gasteiger partial charge in [-0.1, -0.05) is 29.8 Å². The van der Waals surface area contributed by atoms with E-state index >= 15 is 0 Å². The van der Waals surface area contributed by atoms with Gasteiger partial charge in [-0.05, 0) is 30.3 Å². The van der Waals surface area contributed by atoms with Gasteiger partial charge in [-0.25, -0.2) is 4.98 Å². The molecule has 0 bridgehead atoms. The number of anilines is 1. The van der Waals surface area contributed by atoms with Crippen molar-refractivity contribution in [2.24, 2.45) is 0 Å². The van der Waals surface area contributed by atoms with Gasteiger partial charge in [0.1, 0.15) is 6.54 Å². The number of benzene rings is 2. The summed E-state index contributed by atoms with van der Waals surface area (Å²) < 4.78 is 1.86. The number of nitrogens with zero attached hydrogens (tertiary/aromatic N) is 2. The number of carbonyl (C=O) groups is 1. The molecule has 4 aromatic rings. The summed E-state index contributed by atoms with van der Waals surface area (Å²) in [6, 6.07) is 15.2. The van der Waals surface area contributed by atoms with Crippen molar-refractivity contribution < 1.29 is 4.79 Å². The molecule has 6 heteroatoms. The minimum Gasteiger partial charge on any atom is -0.338 e. The van der Waals surface area contributed by atoms with Crippen LogP contribution in [0.5, 0.6) is 0 Å². The predicted molar refractivity (Wildman–Crippen MR) is 91.7 cm³/mol. The van der Waals surface area contributed by atoms with Gasteiger partial charge in [0.2, 0.25) is 11.9 Å². The van der Waals surface area contributed by atoms with Gasteiger partial charge in [-0.15, -0.1) is 0 Å². The summed E-state index contributed by atoms with van der Waals surface area (Å²) in [4.78, 5) is 19.7. The first-order valence-electron chi connectivity index (χ1n) is 7.19. The van der Waals surface area contributed by atoms with Crippen molar-refractivity contribution in [3.8, 4) is 0 Å². The molecule has 0 radical (unpaired) electrons. The topological polar surface area (TPSA) is 62.7 Å². The smallest absolute Gasteiger partial charge is 0.246 e. The molecule has 2 heterocycles. The van der Waals surface area contributed by atoms with E-state index in [9.17, 15) is 4.79 Å². The van der Waals surface area contributed by atoms with Crippen LogP contribution in [-0.2, 0) is 11.3 Å². The van der Waals surface area contributed by atoms with Crippen LogP contribution in [-0.4, -0.2) is 20.4 Å². The van der Waals surface area contributed by atoms with E-state index in [1.807, 2.05) is 59.3 Å². The van der Waals surface area contributed by atoms with Crippen molar-refractivity contribution >= 4 is 45.4 Å². The number of para-hydroxylation sites is 2. The fourth-order valence-electron chi connectivity index (χ4n) is 2.66. The molecule has 4 rings (SSSR count). The third kappa shape index (κ3) is 2.55. The van der Waals surface area contributed by atoms with Gasteiger partial charge in [0.25, 0.3) is 0 Å². The van der Waals surface area contributed by atoms with Crippen molar-refractivity contribution in [2.45, 2.75) is 6.54 Å². The highest BCUT2D eigenvalue weighted by molar-refractivity contribution is 6.35. The molecule has 0 saturated heterocycles. The molecule has 0 aliphatic heterocycles. The van der Waals surface area contributed by atoms with Crippen LogP contribution in [0.25, 0.3) is 21.9 Å². The first kappa shape index (κ1) is 13.8. The second-order valence-electron chi connectivity index (χ2n) is 5.27. The third-order valence-corrected chi connectivity index (χ3v) is 4.05. The average molecular weight is 325 g/mol. The number of H-pyrrole nitrogens is 1. The van der Waals surface area contributed by atoms with Crippen molar-refractivity contribution in [3.63, 3.8) is 0 Å². The number of amides is 1. The maximum atomic E-state index is 12.3. The molecule has 0 atom stereocenters. The Hall–Kier alpha value is -2.79. The molecule has 1 amide bonds. The quantitative estimate of drug-likeness (QED) is 0.602. The van der Waals surface area contributed by atoms with E-state index in [1.54, 1.807) is 0 Å². The maximum Gasteiger partial charge on any atom is 0.246 e. The summed E-state index contributed by atoms with van der Waals surface area (Å²) in [5.41, 5.74) is 2.64. The van der Waals surface area contributed by atoms with Gasteiger partial charge < -0.3 is 9.55 Å². The predicted octanol–water partition coefficient (Wildman–Crippen LogP) is 3.81. The Morgan fingerprint density at radius 3 is 2.91 bits per heavy atom. The number of nitrogens with one attached hydrogen (secondary N) is 2. The zero-order valence-electron chi connectivity index (χ0n) is 12.1. The molecule has 2 aromatic carbocycles. The zero-order valence-corrected chi connectivity index (χ0v) is 12.8. The summed E-state index contributed by atoms with van der Waals surface area (Å²) in [6.07, 6.45) is 1.86. The Morgan fingerprint density at radius 2 is 2.04 bits per heavy atom. The molecule has 0 aliphatic carbocycles. The summed E-state index contributed by atoms with van der Waals surface area (Å²) in [7, 11) is 0. The summed E-state index contributed by atoms with van der Waals surface area (Å²) >= 11 is 6.15. The second-order valence-corrected chi connectivity index (χ2v) is 5.67. The highest BCUT2D eigenvalue weighted by Crippen LogP contribution is 2.24. The van der Waals surface area contributed by atoms with Crippen molar-refractivity contribution in [1.29, 1.82) is 0 Å². The van der Waals surface area contributed by atoms with Crippen LogP contribution in [0, 0.1) is 0 Å². The highest BCUT2D eigenvalue weighted by atomic mass is 35.5. The third-order valence-electron chi connectivity index (χ3n) is 3.72. The normalized spacial score (nSPS) is 11.2. The Labute approximate surface area is 136 Å². The molecular formula is C17H13ClN4O. The summed E-state index contributed by atoms with van der Waals surface area (Å²) in [6.45, 7) is 0.195. The Bertz CT molecular complexity index is 985. The molecule has 0 aliphatic rings. The van der Waals surface area contributed by atoms with Crippen LogP contribution in [0.2, 0.25) is 5.02 Å². The molecule has 23 heavy (non-hydrogen) atoms. The molecule has 0 fully saturated rings. The standard InChI is InChI=1S/C17H13ClN4O/c18-12-4-3-7-15-11(12)8-9-22(15)10-16(23)21-17-19-13-5-1-2-6-14(13)20-17/h1-9H,10H2,(H2,19,20,21,23). The van der Waals surface area contributed by atoms with Gasteiger partial charge in [-0.2, -0.15) is 0 Å². The molecule has 2 aromatic heterocycles. The van der Waals surface area contributed by atoms with Crippen LogP contribution in [0.1, 0.15) is 0 Å². The van der Waals surface area contributed by atoms with E-state index < -0.39 is 0 Å². The molecule has 114 valence electrons. The van der Waals surface area contributed by atoms with Crippen molar-refractivity contribution in [1.82, 2.24) is 14.5 Å². The molecule has 0 unspecified atom stereocenters. The van der Waals surface area contributed by atoms with E-state index in [4.69, 9.17) is 11.6 Å². The lowest BCUT2D eigenvalue weighted by molar-refractivity contribution is -0.116. The average Bonchev–Trinajstić information content (AvgIpc) is 3.12. The Kier molecular flexibility index (Phi) is 3.28. The SMILES string of the molecule is O=C(Cn1ccc2c(Cl)cccc21)Nc1nc2ccccc2[nH]1. The van der Waals surface area contributed by atoms with E-state index in [-0.39, 0.29) is 12.5 Å². The van der Waals surface area contributed by atoms with Gasteiger partial charge in [0, 0.05) is 22.1 Å². The number of hydrogen-bond donors (Lipinski definition) is 2. The molecule has 0 saturated carbocycles. The van der Waals surface area contributed by atoms with E-state index in [0.29, 0.717) is 11.0 Å². The number of fused-ring (bicyclic) bond motifs is 2.